The SMILES string of the molecule is CCN(CC)C(=O)C1=C(C)N=c2s/c(=C/c3cc(I)c(OC)c(I)c3)c(=O)n2[C@@H]1c1cc(OC)ccc1OC. The van der Waals surface area contributed by atoms with E-state index in [9.17, 15) is 9.59 Å². The first-order chi connectivity index (χ1) is 18.7. The Morgan fingerprint density at radius 1 is 1.08 bits per heavy atom. The number of aromatic nitrogens is 1. The summed E-state index contributed by atoms with van der Waals surface area (Å²) in [7, 11) is 4.80. The van der Waals surface area contributed by atoms with Crippen LogP contribution in [0.2, 0.25) is 0 Å². The Hall–Kier alpha value is -2.39. The smallest absolute Gasteiger partial charge is 0.271 e. The first kappa shape index (κ1) is 29.6. The lowest BCUT2D eigenvalue weighted by Crippen LogP contribution is -2.43. The van der Waals surface area contributed by atoms with E-state index in [0.717, 1.165) is 18.5 Å². The Kier molecular flexibility index (Phi) is 9.42. The maximum atomic E-state index is 14.1. The quantitative estimate of drug-likeness (QED) is 0.319. The predicted molar refractivity (Wildman–Crippen MR) is 170 cm³/mol. The van der Waals surface area contributed by atoms with Crippen LogP contribution in [-0.2, 0) is 4.79 Å². The topological polar surface area (TPSA) is 82.4 Å². The van der Waals surface area contributed by atoms with Crippen molar-refractivity contribution < 1.29 is 19.0 Å². The fourth-order valence-electron chi connectivity index (χ4n) is 4.63. The van der Waals surface area contributed by atoms with E-state index in [-0.39, 0.29) is 11.5 Å². The molecule has 0 spiro atoms. The summed E-state index contributed by atoms with van der Waals surface area (Å²) in [5.41, 5.74) is 2.32. The molecule has 0 N–H and O–H groups in total. The standard InChI is InChI=1S/C28H29I2N3O5S/c1-7-32(8-2)27(35)23-15(3)31-28-33(24(23)18-14-17(36-4)9-10-21(18)37-5)26(34)22(39-28)13-16-11-19(29)25(38-6)20(30)12-16/h9-14,24H,7-8H2,1-6H3/b22-13+/t24-/m1/s1. The number of nitrogens with zero attached hydrogens (tertiary/aromatic N) is 3. The van der Waals surface area contributed by atoms with E-state index >= 15 is 0 Å². The summed E-state index contributed by atoms with van der Waals surface area (Å²) in [5, 5.41) is 0. The van der Waals surface area contributed by atoms with Gasteiger partial charge in [0.05, 0.1) is 44.3 Å². The third-order valence-electron chi connectivity index (χ3n) is 6.56. The molecule has 1 amide bonds. The third-order valence-corrected chi connectivity index (χ3v) is 9.14. The van der Waals surface area contributed by atoms with Crippen molar-refractivity contribution in [1.82, 2.24) is 9.47 Å². The molecule has 4 rings (SSSR count). The second-order valence-corrected chi connectivity index (χ2v) is 12.0. The summed E-state index contributed by atoms with van der Waals surface area (Å²) in [5.74, 6) is 1.79. The van der Waals surface area contributed by atoms with Gasteiger partial charge in [0.2, 0.25) is 0 Å². The minimum Gasteiger partial charge on any atom is -0.497 e. The zero-order valence-electron chi connectivity index (χ0n) is 22.5. The van der Waals surface area contributed by atoms with Crippen LogP contribution < -0.4 is 29.1 Å². The van der Waals surface area contributed by atoms with E-state index in [1.807, 2.05) is 45.0 Å². The molecule has 1 atom stereocenters. The van der Waals surface area contributed by atoms with Crippen molar-refractivity contribution in [3.05, 3.63) is 79.6 Å². The maximum absolute atomic E-state index is 14.1. The van der Waals surface area contributed by atoms with Crippen molar-refractivity contribution in [3.63, 3.8) is 0 Å². The van der Waals surface area contributed by atoms with Crippen molar-refractivity contribution in [2.45, 2.75) is 26.8 Å². The number of allylic oxidation sites excluding steroid dienone is 1. The Morgan fingerprint density at radius 2 is 1.74 bits per heavy atom. The first-order valence-corrected chi connectivity index (χ1v) is 15.2. The molecule has 1 aromatic heterocycles. The van der Waals surface area contributed by atoms with Gasteiger partial charge >= 0.3 is 0 Å². The molecule has 11 heteroatoms. The van der Waals surface area contributed by atoms with Gasteiger partial charge in [-0.2, -0.15) is 0 Å². The number of benzene rings is 2. The second-order valence-electron chi connectivity index (χ2n) is 8.68. The van der Waals surface area contributed by atoms with Crippen molar-refractivity contribution in [3.8, 4) is 17.2 Å². The van der Waals surface area contributed by atoms with Gasteiger partial charge in [-0.25, -0.2) is 4.99 Å². The summed E-state index contributed by atoms with van der Waals surface area (Å²) in [4.78, 5) is 35.0. The second kappa shape index (κ2) is 12.4. The molecule has 1 aliphatic heterocycles. The van der Waals surface area contributed by atoms with Gasteiger partial charge in [-0.1, -0.05) is 11.3 Å². The number of rotatable bonds is 8. The van der Waals surface area contributed by atoms with E-state index in [2.05, 4.69) is 45.2 Å². The lowest BCUT2D eigenvalue weighted by molar-refractivity contribution is -0.127. The van der Waals surface area contributed by atoms with Crippen LogP contribution in [0.25, 0.3) is 6.08 Å². The van der Waals surface area contributed by atoms with Crippen molar-refractivity contribution in [1.29, 1.82) is 0 Å². The van der Waals surface area contributed by atoms with Gasteiger partial charge in [0.15, 0.2) is 4.80 Å². The van der Waals surface area contributed by atoms with Crippen LogP contribution in [0.5, 0.6) is 17.2 Å². The summed E-state index contributed by atoms with van der Waals surface area (Å²) >= 11 is 5.75. The molecule has 0 fully saturated rings. The lowest BCUT2D eigenvalue weighted by Gasteiger charge is -2.30. The number of hydrogen-bond acceptors (Lipinski definition) is 7. The number of hydrogen-bond donors (Lipinski definition) is 0. The highest BCUT2D eigenvalue weighted by Gasteiger charge is 2.36. The predicted octanol–water partition coefficient (Wildman–Crippen LogP) is 4.34. The zero-order chi connectivity index (χ0) is 28.4. The molecule has 0 aliphatic carbocycles. The van der Waals surface area contributed by atoms with E-state index < -0.39 is 6.04 Å². The molecular formula is C28H29I2N3O5S. The zero-order valence-corrected chi connectivity index (χ0v) is 27.6. The first-order valence-electron chi connectivity index (χ1n) is 12.3. The van der Waals surface area contributed by atoms with Gasteiger partial charge in [0.25, 0.3) is 11.5 Å². The van der Waals surface area contributed by atoms with E-state index in [4.69, 9.17) is 19.2 Å². The summed E-state index contributed by atoms with van der Waals surface area (Å²) in [6.07, 6.45) is 1.86. The molecule has 0 bridgehead atoms. The molecular weight excluding hydrogens is 744 g/mol. The number of thiazole rings is 1. The molecule has 0 radical (unpaired) electrons. The number of fused-ring (bicyclic) bond motifs is 1. The third kappa shape index (κ3) is 5.62. The molecule has 1 aliphatic rings. The highest BCUT2D eigenvalue weighted by Crippen LogP contribution is 2.38. The monoisotopic (exact) mass is 773 g/mol. The summed E-state index contributed by atoms with van der Waals surface area (Å²) in [6, 6.07) is 8.62. The molecule has 2 heterocycles. The largest absolute Gasteiger partial charge is 0.497 e. The van der Waals surface area contributed by atoms with Crippen LogP contribution >= 0.6 is 56.5 Å². The number of carbonyl (C=O) groups is 1. The van der Waals surface area contributed by atoms with Crippen molar-refractivity contribution >= 4 is 68.5 Å². The van der Waals surface area contributed by atoms with E-state index in [1.54, 1.807) is 42.9 Å². The van der Waals surface area contributed by atoms with Crippen LogP contribution in [0.1, 0.15) is 37.9 Å². The average molecular weight is 773 g/mol. The van der Waals surface area contributed by atoms with Gasteiger partial charge in [-0.15, -0.1) is 0 Å². The lowest BCUT2D eigenvalue weighted by atomic mass is 9.93. The maximum Gasteiger partial charge on any atom is 0.271 e. The van der Waals surface area contributed by atoms with Crippen molar-refractivity contribution in [2.75, 3.05) is 34.4 Å². The average Bonchev–Trinajstić information content (AvgIpc) is 3.21. The van der Waals surface area contributed by atoms with E-state index in [0.29, 0.717) is 50.8 Å². The number of amides is 1. The van der Waals surface area contributed by atoms with Gasteiger partial charge in [-0.3, -0.25) is 14.2 Å². The van der Waals surface area contributed by atoms with Crippen molar-refractivity contribution in [2.24, 2.45) is 4.99 Å². The fourth-order valence-corrected chi connectivity index (χ4v) is 7.94. The van der Waals surface area contributed by atoms with Crippen LogP contribution in [0.15, 0.2) is 51.4 Å². The molecule has 39 heavy (non-hydrogen) atoms. The summed E-state index contributed by atoms with van der Waals surface area (Å²) < 4.78 is 20.7. The fraction of sp³-hybridized carbons (Fsp3) is 0.321. The highest BCUT2D eigenvalue weighted by atomic mass is 127. The number of ether oxygens (including phenoxy) is 3. The molecule has 0 saturated carbocycles. The Bertz CT molecular complexity index is 1620. The van der Waals surface area contributed by atoms with Crippen LogP contribution in [0.4, 0.5) is 0 Å². The summed E-state index contributed by atoms with van der Waals surface area (Å²) in [6.45, 7) is 6.76. The Labute approximate surface area is 258 Å². The molecule has 0 saturated heterocycles. The van der Waals surface area contributed by atoms with E-state index in [1.165, 1.54) is 11.3 Å². The number of methoxy groups -OCH3 is 3. The minimum atomic E-state index is -0.738. The number of halogens is 2. The van der Waals surface area contributed by atoms with Crippen LogP contribution in [-0.4, -0.2) is 49.8 Å². The van der Waals surface area contributed by atoms with Crippen LogP contribution in [0.3, 0.4) is 0 Å². The Morgan fingerprint density at radius 3 is 2.31 bits per heavy atom. The van der Waals surface area contributed by atoms with Gasteiger partial charge in [-0.05, 0) is 108 Å². The highest BCUT2D eigenvalue weighted by molar-refractivity contribution is 14.1. The number of carbonyl (C=O) groups excluding carboxylic acids is 1. The molecule has 8 nitrogen and oxygen atoms in total. The molecule has 206 valence electrons. The Balaban J connectivity index is 2.02. The normalized spacial score (nSPS) is 15.1. The van der Waals surface area contributed by atoms with Gasteiger partial charge < -0.3 is 19.1 Å². The molecule has 2 aromatic carbocycles. The minimum absolute atomic E-state index is 0.162. The van der Waals surface area contributed by atoms with Gasteiger partial charge in [0, 0.05) is 18.7 Å². The molecule has 3 aromatic rings. The van der Waals surface area contributed by atoms with Crippen LogP contribution in [0, 0.1) is 7.14 Å². The molecule has 0 unspecified atom stereocenters. The van der Waals surface area contributed by atoms with Gasteiger partial charge in [0.1, 0.15) is 23.3 Å². The number of likely N-dealkylation sites (N-methyl/N-ethyl adjacent to an activating group) is 1.